The molecule has 0 saturated carbocycles. The first kappa shape index (κ1) is 18.2. The van der Waals surface area contributed by atoms with E-state index >= 15 is 0 Å². The second kappa shape index (κ2) is 7.32. The third kappa shape index (κ3) is 3.36. The molecule has 1 N–H and O–H groups in total. The number of rotatable bonds is 5. The van der Waals surface area contributed by atoms with Crippen molar-refractivity contribution in [2.75, 3.05) is 29.9 Å². The predicted octanol–water partition coefficient (Wildman–Crippen LogP) is 2.42. The van der Waals surface area contributed by atoms with Crippen molar-refractivity contribution in [3.05, 3.63) is 49.8 Å². The second-order valence-electron chi connectivity index (χ2n) is 6.84. The summed E-state index contributed by atoms with van der Waals surface area (Å²) in [7, 11) is 0. The number of aryl methyl sites for hydroxylation is 2. The molecular formula is C20H24N2O4. The zero-order valence-electron chi connectivity index (χ0n) is 15.4. The Kier molecular flexibility index (Phi) is 5.11. The van der Waals surface area contributed by atoms with Gasteiger partial charge in [0.1, 0.15) is 11.4 Å². The van der Waals surface area contributed by atoms with Crippen molar-refractivity contribution in [3.8, 4) is 0 Å². The van der Waals surface area contributed by atoms with E-state index in [0.717, 1.165) is 29.7 Å². The number of hydrogen-bond acceptors (Lipinski definition) is 6. The second-order valence-corrected chi connectivity index (χ2v) is 6.84. The van der Waals surface area contributed by atoms with Gasteiger partial charge < -0.3 is 15.0 Å². The van der Waals surface area contributed by atoms with Crippen LogP contribution in [0.1, 0.15) is 30.9 Å². The number of carbonyl (C=O) groups excluding carboxylic acids is 1. The molecule has 0 radical (unpaired) electrons. The van der Waals surface area contributed by atoms with E-state index in [9.17, 15) is 14.4 Å². The summed E-state index contributed by atoms with van der Waals surface area (Å²) >= 11 is 0. The van der Waals surface area contributed by atoms with Crippen LogP contribution in [-0.2, 0) is 9.53 Å². The number of benzene rings is 1. The Labute approximate surface area is 152 Å². The van der Waals surface area contributed by atoms with Gasteiger partial charge in [0.25, 0.3) is 10.9 Å². The Morgan fingerprint density at radius 1 is 1.23 bits per heavy atom. The summed E-state index contributed by atoms with van der Waals surface area (Å²) < 4.78 is 5.11. The minimum absolute atomic E-state index is 0.237. The highest BCUT2D eigenvalue weighted by molar-refractivity contribution is 5.81. The molecule has 2 aromatic rings. The van der Waals surface area contributed by atoms with E-state index in [1.165, 1.54) is 0 Å². The molecule has 0 aliphatic carbocycles. The lowest BCUT2D eigenvalue weighted by Gasteiger charge is -2.34. The van der Waals surface area contributed by atoms with Crippen LogP contribution in [0.3, 0.4) is 0 Å². The third-order valence-corrected chi connectivity index (χ3v) is 5.02. The van der Waals surface area contributed by atoms with Crippen LogP contribution < -0.4 is 21.1 Å². The highest BCUT2D eigenvalue weighted by Crippen LogP contribution is 2.29. The van der Waals surface area contributed by atoms with Crippen LogP contribution >= 0.6 is 0 Å². The standard InChI is InChI=1S/C20H24N2O4/c1-4-26-20(25)14-6-5-9-22(11-14)17-16(18(23)19(17)24)21-15-8-7-12(2)13(3)10-15/h7-8,10,14,21H,4-6,9,11H2,1-3H3/t14-/m0/s1. The van der Waals surface area contributed by atoms with Gasteiger partial charge in [-0.2, -0.15) is 0 Å². The fourth-order valence-electron chi connectivity index (χ4n) is 3.39. The SMILES string of the molecule is CCOC(=O)[C@H]1CCCN(c2c(Nc3ccc(C)c(C)c3)c(=O)c2=O)C1. The largest absolute Gasteiger partial charge is 0.466 e. The number of nitrogens with zero attached hydrogens (tertiary/aromatic N) is 1. The number of carbonyl (C=O) groups is 1. The zero-order valence-corrected chi connectivity index (χ0v) is 15.4. The van der Waals surface area contributed by atoms with Crippen LogP contribution in [0.5, 0.6) is 0 Å². The van der Waals surface area contributed by atoms with Gasteiger partial charge >= 0.3 is 5.97 Å². The highest BCUT2D eigenvalue weighted by atomic mass is 16.5. The average molecular weight is 356 g/mol. The number of hydrogen-bond donors (Lipinski definition) is 1. The zero-order chi connectivity index (χ0) is 18.8. The molecule has 0 amide bonds. The maximum absolute atomic E-state index is 12.2. The molecule has 0 aromatic heterocycles. The molecule has 1 aliphatic rings. The van der Waals surface area contributed by atoms with Crippen LogP contribution in [0.2, 0.25) is 0 Å². The molecule has 1 aliphatic heterocycles. The van der Waals surface area contributed by atoms with Crippen LogP contribution in [0.25, 0.3) is 0 Å². The molecule has 138 valence electrons. The fourth-order valence-corrected chi connectivity index (χ4v) is 3.39. The monoisotopic (exact) mass is 356 g/mol. The van der Waals surface area contributed by atoms with Crippen LogP contribution in [0, 0.1) is 19.8 Å². The topological polar surface area (TPSA) is 75.7 Å². The molecule has 6 nitrogen and oxygen atoms in total. The smallest absolute Gasteiger partial charge is 0.310 e. The summed E-state index contributed by atoms with van der Waals surface area (Å²) in [5.41, 5.74) is 2.77. The number of nitrogens with one attached hydrogen (secondary N) is 1. The van der Waals surface area contributed by atoms with Crippen molar-refractivity contribution in [1.29, 1.82) is 0 Å². The van der Waals surface area contributed by atoms with Crippen molar-refractivity contribution >= 4 is 23.0 Å². The molecule has 0 unspecified atom stereocenters. The van der Waals surface area contributed by atoms with Crippen molar-refractivity contribution in [3.63, 3.8) is 0 Å². The van der Waals surface area contributed by atoms with E-state index in [1.54, 1.807) is 6.92 Å². The lowest BCUT2D eigenvalue weighted by Crippen LogP contribution is -2.47. The molecule has 1 saturated heterocycles. The summed E-state index contributed by atoms with van der Waals surface area (Å²) in [4.78, 5) is 38.2. The molecule has 0 spiro atoms. The van der Waals surface area contributed by atoms with Gasteiger partial charge in [-0.05, 0) is 56.9 Å². The van der Waals surface area contributed by atoms with Crippen molar-refractivity contribution in [2.45, 2.75) is 33.6 Å². The van der Waals surface area contributed by atoms with E-state index < -0.39 is 10.9 Å². The van der Waals surface area contributed by atoms with Gasteiger partial charge in [-0.3, -0.25) is 14.4 Å². The lowest BCUT2D eigenvalue weighted by atomic mass is 9.96. The maximum Gasteiger partial charge on any atom is 0.310 e. The van der Waals surface area contributed by atoms with Crippen molar-refractivity contribution in [2.24, 2.45) is 5.92 Å². The third-order valence-electron chi connectivity index (χ3n) is 5.02. The number of ether oxygens (including phenoxy) is 1. The summed E-state index contributed by atoms with van der Waals surface area (Å²) in [5, 5.41) is 3.09. The van der Waals surface area contributed by atoms with Gasteiger partial charge in [-0.15, -0.1) is 0 Å². The molecule has 0 bridgehead atoms. The van der Waals surface area contributed by atoms with Gasteiger partial charge in [-0.25, -0.2) is 0 Å². The highest BCUT2D eigenvalue weighted by Gasteiger charge is 2.33. The Balaban J connectivity index is 1.82. The summed E-state index contributed by atoms with van der Waals surface area (Å²) in [6.45, 7) is 7.20. The van der Waals surface area contributed by atoms with E-state index in [4.69, 9.17) is 4.74 Å². The molecule has 1 fully saturated rings. The Morgan fingerprint density at radius 2 is 2.00 bits per heavy atom. The molecule has 1 atom stereocenters. The quantitative estimate of drug-likeness (QED) is 0.655. The molecular weight excluding hydrogens is 332 g/mol. The Morgan fingerprint density at radius 3 is 2.69 bits per heavy atom. The first-order valence-electron chi connectivity index (χ1n) is 9.01. The minimum atomic E-state index is -0.503. The van der Waals surface area contributed by atoms with Crippen molar-refractivity contribution in [1.82, 2.24) is 0 Å². The number of piperidine rings is 1. The Hall–Kier alpha value is -2.63. The summed E-state index contributed by atoms with van der Waals surface area (Å²) in [5.74, 6) is -0.498. The summed E-state index contributed by atoms with van der Waals surface area (Å²) in [6.07, 6.45) is 1.52. The minimum Gasteiger partial charge on any atom is -0.466 e. The summed E-state index contributed by atoms with van der Waals surface area (Å²) in [6, 6.07) is 5.81. The predicted molar refractivity (Wildman–Crippen MR) is 102 cm³/mol. The lowest BCUT2D eigenvalue weighted by molar-refractivity contribution is -0.148. The van der Waals surface area contributed by atoms with Gasteiger partial charge in [0.05, 0.1) is 12.5 Å². The number of anilines is 3. The molecule has 26 heavy (non-hydrogen) atoms. The van der Waals surface area contributed by atoms with E-state index in [2.05, 4.69) is 5.32 Å². The van der Waals surface area contributed by atoms with Gasteiger partial charge in [0.15, 0.2) is 0 Å². The van der Waals surface area contributed by atoms with Crippen molar-refractivity contribution < 1.29 is 9.53 Å². The first-order valence-corrected chi connectivity index (χ1v) is 9.01. The molecule has 2 aromatic carbocycles. The van der Waals surface area contributed by atoms with E-state index in [0.29, 0.717) is 31.1 Å². The van der Waals surface area contributed by atoms with E-state index in [1.807, 2.05) is 36.9 Å². The Bertz CT molecular complexity index is 896. The normalized spacial score (nSPS) is 17.3. The average Bonchev–Trinajstić information content (AvgIpc) is 2.64. The van der Waals surface area contributed by atoms with Crippen LogP contribution in [0.15, 0.2) is 27.8 Å². The maximum atomic E-state index is 12.2. The van der Waals surface area contributed by atoms with Crippen LogP contribution in [-0.4, -0.2) is 25.7 Å². The first-order chi connectivity index (χ1) is 12.4. The number of esters is 1. The molecule has 1 heterocycles. The molecule has 3 rings (SSSR count). The van der Waals surface area contributed by atoms with Crippen LogP contribution in [0.4, 0.5) is 17.1 Å². The molecule has 6 heteroatoms. The van der Waals surface area contributed by atoms with E-state index in [-0.39, 0.29) is 11.9 Å². The van der Waals surface area contributed by atoms with Gasteiger partial charge in [-0.1, -0.05) is 6.07 Å². The van der Waals surface area contributed by atoms with Gasteiger partial charge in [0, 0.05) is 18.8 Å². The van der Waals surface area contributed by atoms with Gasteiger partial charge in [0.2, 0.25) is 0 Å². The fraction of sp³-hybridized carbons (Fsp3) is 0.450.